The summed E-state index contributed by atoms with van der Waals surface area (Å²) in [5.74, 6) is 0.391. The number of fused-ring (bicyclic) bond motifs is 1. The standard InChI is InChI=1S/C29H21Br2NO3S/c1-18-6-8-19(9-7-18)17-35-27-24(30)13-21(14-25(27)31)15-26-28(33)32(29(34)36-26)16-20-10-11-22-4-2-3-5-23(22)12-20/h2-15H,16-17H2,1H3/b26-15-. The highest BCUT2D eigenvalue weighted by molar-refractivity contribution is 9.11. The van der Waals surface area contributed by atoms with Crippen molar-refractivity contribution >= 4 is 71.6 Å². The molecule has 1 fully saturated rings. The number of carbonyl (C=O) groups excluding carboxylic acids is 2. The van der Waals surface area contributed by atoms with Crippen LogP contribution in [0.2, 0.25) is 0 Å². The zero-order valence-electron chi connectivity index (χ0n) is 19.3. The molecule has 1 heterocycles. The van der Waals surface area contributed by atoms with Crippen LogP contribution in [0.25, 0.3) is 16.8 Å². The monoisotopic (exact) mass is 621 g/mol. The second-order valence-electron chi connectivity index (χ2n) is 8.54. The topological polar surface area (TPSA) is 46.6 Å². The molecule has 0 bridgehead atoms. The lowest BCUT2D eigenvalue weighted by molar-refractivity contribution is -0.123. The number of amides is 2. The fourth-order valence-corrected chi connectivity index (χ4v) is 6.24. The number of benzene rings is 4. The summed E-state index contributed by atoms with van der Waals surface area (Å²) in [6.45, 7) is 2.73. The molecule has 0 radical (unpaired) electrons. The van der Waals surface area contributed by atoms with E-state index in [1.807, 2.05) is 66.7 Å². The van der Waals surface area contributed by atoms with E-state index in [0.29, 0.717) is 17.3 Å². The molecule has 180 valence electrons. The number of ether oxygens (including phenoxy) is 1. The lowest BCUT2D eigenvalue weighted by Gasteiger charge is -2.13. The Morgan fingerprint density at radius 1 is 0.861 bits per heavy atom. The van der Waals surface area contributed by atoms with E-state index in [4.69, 9.17) is 4.74 Å². The Balaban J connectivity index is 1.31. The minimum atomic E-state index is -0.287. The summed E-state index contributed by atoms with van der Waals surface area (Å²) in [4.78, 5) is 27.4. The van der Waals surface area contributed by atoms with Crippen LogP contribution in [0.4, 0.5) is 4.79 Å². The summed E-state index contributed by atoms with van der Waals surface area (Å²) < 4.78 is 7.53. The van der Waals surface area contributed by atoms with E-state index < -0.39 is 0 Å². The van der Waals surface area contributed by atoms with E-state index in [1.165, 1.54) is 10.5 Å². The van der Waals surface area contributed by atoms with Gasteiger partial charge < -0.3 is 4.74 Å². The van der Waals surface area contributed by atoms with Crippen molar-refractivity contribution in [1.29, 1.82) is 0 Å². The van der Waals surface area contributed by atoms with Gasteiger partial charge in [-0.2, -0.15) is 0 Å². The minimum absolute atomic E-state index is 0.242. The molecule has 0 aliphatic carbocycles. The summed E-state index contributed by atoms with van der Waals surface area (Å²) in [6, 6.07) is 26.0. The molecule has 4 aromatic carbocycles. The van der Waals surface area contributed by atoms with Crippen LogP contribution in [0, 0.1) is 6.92 Å². The maximum atomic E-state index is 13.1. The molecular weight excluding hydrogens is 602 g/mol. The molecular formula is C29H21Br2NO3S. The molecule has 5 rings (SSSR count). The average molecular weight is 623 g/mol. The van der Waals surface area contributed by atoms with Crippen LogP contribution in [0.15, 0.2) is 92.7 Å². The van der Waals surface area contributed by atoms with Crippen molar-refractivity contribution in [3.8, 4) is 5.75 Å². The van der Waals surface area contributed by atoms with Crippen LogP contribution in [0.3, 0.4) is 0 Å². The molecule has 1 aliphatic heterocycles. The minimum Gasteiger partial charge on any atom is -0.487 e. The van der Waals surface area contributed by atoms with Crippen LogP contribution in [0.5, 0.6) is 5.75 Å². The predicted octanol–water partition coefficient (Wildman–Crippen LogP) is 8.49. The van der Waals surface area contributed by atoms with Gasteiger partial charge in [0, 0.05) is 0 Å². The molecule has 36 heavy (non-hydrogen) atoms. The number of hydrogen-bond acceptors (Lipinski definition) is 4. The Morgan fingerprint density at radius 3 is 2.25 bits per heavy atom. The van der Waals surface area contributed by atoms with Gasteiger partial charge in [-0.1, -0.05) is 66.2 Å². The number of aryl methyl sites for hydroxylation is 1. The van der Waals surface area contributed by atoms with Gasteiger partial charge >= 0.3 is 0 Å². The Kier molecular flexibility index (Phi) is 7.32. The van der Waals surface area contributed by atoms with Crippen molar-refractivity contribution in [2.75, 3.05) is 0 Å². The third-order valence-corrected chi connectivity index (χ3v) is 7.94. The first-order valence-electron chi connectivity index (χ1n) is 11.3. The Labute approximate surface area is 230 Å². The summed E-state index contributed by atoms with van der Waals surface area (Å²) in [6.07, 6.45) is 1.74. The highest BCUT2D eigenvalue weighted by atomic mass is 79.9. The Hall–Kier alpha value is -2.87. The Bertz CT molecular complexity index is 1490. The highest BCUT2D eigenvalue weighted by Gasteiger charge is 2.35. The number of hydrogen-bond donors (Lipinski definition) is 0. The quantitative estimate of drug-likeness (QED) is 0.202. The highest BCUT2D eigenvalue weighted by Crippen LogP contribution is 2.38. The fraction of sp³-hybridized carbons (Fsp3) is 0.103. The molecule has 1 saturated heterocycles. The molecule has 4 nitrogen and oxygen atoms in total. The summed E-state index contributed by atoms with van der Waals surface area (Å²) in [7, 11) is 0. The number of halogens is 2. The second-order valence-corrected chi connectivity index (χ2v) is 11.2. The van der Waals surface area contributed by atoms with Crippen molar-refractivity contribution in [3.63, 3.8) is 0 Å². The van der Waals surface area contributed by atoms with Gasteiger partial charge in [0.05, 0.1) is 20.4 Å². The van der Waals surface area contributed by atoms with Crippen LogP contribution in [-0.4, -0.2) is 16.0 Å². The third kappa shape index (κ3) is 5.43. The molecule has 1 aliphatic rings. The number of rotatable bonds is 6. The number of carbonyl (C=O) groups is 2. The molecule has 0 aromatic heterocycles. The van der Waals surface area contributed by atoms with Crippen molar-refractivity contribution < 1.29 is 14.3 Å². The summed E-state index contributed by atoms with van der Waals surface area (Å²) in [5.41, 5.74) is 3.97. The zero-order chi connectivity index (χ0) is 25.2. The molecule has 0 N–H and O–H groups in total. The van der Waals surface area contributed by atoms with Crippen molar-refractivity contribution in [2.45, 2.75) is 20.1 Å². The number of imide groups is 1. The normalized spacial score (nSPS) is 14.8. The number of nitrogens with zero attached hydrogens (tertiary/aromatic N) is 1. The van der Waals surface area contributed by atoms with E-state index in [9.17, 15) is 9.59 Å². The lowest BCUT2D eigenvalue weighted by atomic mass is 10.1. The van der Waals surface area contributed by atoms with E-state index in [-0.39, 0.29) is 17.7 Å². The van der Waals surface area contributed by atoms with Gasteiger partial charge in [0.15, 0.2) is 0 Å². The number of thioether (sulfide) groups is 1. The molecule has 0 saturated carbocycles. The van der Waals surface area contributed by atoms with Gasteiger partial charge in [-0.15, -0.1) is 0 Å². The van der Waals surface area contributed by atoms with E-state index in [1.54, 1.807) is 6.08 Å². The largest absolute Gasteiger partial charge is 0.487 e. The molecule has 0 unspecified atom stereocenters. The first kappa shape index (κ1) is 24.8. The van der Waals surface area contributed by atoms with E-state index >= 15 is 0 Å². The first-order valence-corrected chi connectivity index (χ1v) is 13.7. The Morgan fingerprint density at radius 2 is 1.53 bits per heavy atom. The summed E-state index contributed by atoms with van der Waals surface area (Å²) in [5, 5.41) is 1.94. The van der Waals surface area contributed by atoms with E-state index in [2.05, 4.69) is 50.9 Å². The zero-order valence-corrected chi connectivity index (χ0v) is 23.3. The fourth-order valence-electron chi connectivity index (χ4n) is 3.95. The van der Waals surface area contributed by atoms with Crippen molar-refractivity contribution in [3.05, 3.63) is 115 Å². The molecule has 7 heteroatoms. The maximum Gasteiger partial charge on any atom is 0.293 e. The summed E-state index contributed by atoms with van der Waals surface area (Å²) >= 11 is 8.12. The molecule has 4 aromatic rings. The average Bonchev–Trinajstić information content (AvgIpc) is 3.12. The smallest absolute Gasteiger partial charge is 0.293 e. The second kappa shape index (κ2) is 10.6. The van der Waals surface area contributed by atoms with E-state index in [0.717, 1.165) is 48.2 Å². The van der Waals surface area contributed by atoms with Crippen molar-refractivity contribution in [2.24, 2.45) is 0 Å². The predicted molar refractivity (Wildman–Crippen MR) is 153 cm³/mol. The van der Waals surface area contributed by atoms with Gasteiger partial charge in [-0.25, -0.2) is 0 Å². The van der Waals surface area contributed by atoms with Gasteiger partial charge in [0.1, 0.15) is 12.4 Å². The molecule has 0 spiro atoms. The third-order valence-electron chi connectivity index (χ3n) is 5.85. The van der Waals surface area contributed by atoms with Gasteiger partial charge in [0.2, 0.25) is 0 Å². The maximum absolute atomic E-state index is 13.1. The van der Waals surface area contributed by atoms with Gasteiger partial charge in [-0.05, 0) is 102 Å². The van der Waals surface area contributed by atoms with Crippen LogP contribution < -0.4 is 4.74 Å². The SMILES string of the molecule is Cc1ccc(COc2c(Br)cc(/C=C3\SC(=O)N(Cc4ccc5ccccc5c4)C3=O)cc2Br)cc1. The van der Waals surface area contributed by atoms with Crippen LogP contribution in [-0.2, 0) is 17.9 Å². The van der Waals surface area contributed by atoms with Crippen LogP contribution >= 0.6 is 43.6 Å². The van der Waals surface area contributed by atoms with Crippen LogP contribution in [0.1, 0.15) is 22.3 Å². The van der Waals surface area contributed by atoms with Gasteiger partial charge in [-0.3, -0.25) is 14.5 Å². The van der Waals surface area contributed by atoms with Crippen molar-refractivity contribution in [1.82, 2.24) is 4.90 Å². The molecule has 0 atom stereocenters. The first-order chi connectivity index (χ1) is 17.4. The molecule has 2 amide bonds. The van der Waals surface area contributed by atoms with Gasteiger partial charge in [0.25, 0.3) is 11.1 Å². The lowest BCUT2D eigenvalue weighted by Crippen LogP contribution is -2.27.